The van der Waals surface area contributed by atoms with Crippen LogP contribution in [0.15, 0.2) is 89.5 Å². The van der Waals surface area contributed by atoms with Crippen molar-refractivity contribution < 1.29 is 19.2 Å². The third-order valence-electron chi connectivity index (χ3n) is 5.95. The Kier molecular flexibility index (Phi) is 8.40. The molecular formula is C28H24N4O5S. The van der Waals surface area contributed by atoms with Crippen LogP contribution >= 0.6 is 11.8 Å². The standard InChI is InChI=1S/C28H24N4O5S/c1-37-23-13-9-19(10-14-23)15-16-30-26(33)24(18-29)28-31(21-5-3-2-4-6-21)27(34)25(38-28)17-20-7-11-22(12-8-20)32(35)36/h2-14,25H,15-17H2,1H3,(H,30,33). The summed E-state index contributed by atoms with van der Waals surface area (Å²) in [6.07, 6.45) is 0.840. The van der Waals surface area contributed by atoms with Crippen molar-refractivity contribution in [3.05, 3.63) is 111 Å². The first-order chi connectivity index (χ1) is 18.4. The van der Waals surface area contributed by atoms with Crippen LogP contribution < -0.4 is 15.0 Å². The number of thioether (sulfide) groups is 1. The van der Waals surface area contributed by atoms with E-state index in [0.717, 1.165) is 28.6 Å². The number of nitriles is 1. The Morgan fingerprint density at radius 1 is 1.08 bits per heavy atom. The molecule has 0 aromatic heterocycles. The number of nitro groups is 1. The summed E-state index contributed by atoms with van der Waals surface area (Å²) in [5, 5.41) is 23.4. The van der Waals surface area contributed by atoms with E-state index in [1.807, 2.05) is 36.4 Å². The maximum Gasteiger partial charge on any atom is 0.269 e. The minimum absolute atomic E-state index is 0.0382. The molecule has 0 spiro atoms. The summed E-state index contributed by atoms with van der Waals surface area (Å²) < 4.78 is 5.16. The van der Waals surface area contributed by atoms with Crippen LogP contribution in [0.5, 0.6) is 5.75 Å². The van der Waals surface area contributed by atoms with Gasteiger partial charge in [-0.2, -0.15) is 5.26 Å². The smallest absolute Gasteiger partial charge is 0.269 e. The van der Waals surface area contributed by atoms with Crippen molar-refractivity contribution in [3.8, 4) is 11.8 Å². The Labute approximate surface area is 223 Å². The van der Waals surface area contributed by atoms with Crippen molar-refractivity contribution >= 4 is 35.0 Å². The molecule has 0 bridgehead atoms. The van der Waals surface area contributed by atoms with Crippen LogP contribution in [-0.4, -0.2) is 35.6 Å². The van der Waals surface area contributed by atoms with Gasteiger partial charge < -0.3 is 10.1 Å². The van der Waals surface area contributed by atoms with E-state index in [1.54, 1.807) is 43.5 Å². The molecule has 9 nitrogen and oxygen atoms in total. The van der Waals surface area contributed by atoms with E-state index in [9.17, 15) is 25.0 Å². The zero-order valence-corrected chi connectivity index (χ0v) is 21.3. The van der Waals surface area contributed by atoms with Gasteiger partial charge in [0.05, 0.1) is 17.3 Å². The number of carbonyl (C=O) groups is 2. The van der Waals surface area contributed by atoms with Crippen LogP contribution in [0.3, 0.4) is 0 Å². The fourth-order valence-electron chi connectivity index (χ4n) is 3.97. The Hall–Kier alpha value is -4.62. The molecule has 38 heavy (non-hydrogen) atoms. The van der Waals surface area contributed by atoms with E-state index in [4.69, 9.17) is 4.74 Å². The fraction of sp³-hybridized carbons (Fsp3) is 0.179. The Morgan fingerprint density at radius 2 is 1.74 bits per heavy atom. The number of carbonyl (C=O) groups excluding carboxylic acids is 2. The van der Waals surface area contributed by atoms with Gasteiger partial charge >= 0.3 is 0 Å². The molecule has 0 saturated carbocycles. The van der Waals surface area contributed by atoms with Gasteiger partial charge in [0.25, 0.3) is 11.6 Å². The van der Waals surface area contributed by atoms with Crippen LogP contribution in [0.4, 0.5) is 11.4 Å². The summed E-state index contributed by atoms with van der Waals surface area (Å²) in [5.41, 5.74) is 2.09. The number of methoxy groups -OCH3 is 1. The highest BCUT2D eigenvalue weighted by Gasteiger charge is 2.40. The number of nitrogens with one attached hydrogen (secondary N) is 1. The van der Waals surface area contributed by atoms with Crippen molar-refractivity contribution in [2.45, 2.75) is 18.1 Å². The lowest BCUT2D eigenvalue weighted by Crippen LogP contribution is -2.32. The Bertz CT molecular complexity index is 1400. The number of non-ortho nitro benzene ring substituents is 1. The maximum absolute atomic E-state index is 13.5. The molecule has 1 heterocycles. The van der Waals surface area contributed by atoms with E-state index in [-0.39, 0.29) is 28.6 Å². The molecule has 192 valence electrons. The van der Waals surface area contributed by atoms with Gasteiger partial charge in [-0.25, -0.2) is 0 Å². The molecule has 1 aliphatic heterocycles. The molecule has 0 radical (unpaired) electrons. The first-order valence-corrected chi connectivity index (χ1v) is 12.6. The van der Waals surface area contributed by atoms with Crippen molar-refractivity contribution in [2.24, 2.45) is 0 Å². The van der Waals surface area contributed by atoms with Gasteiger partial charge in [-0.3, -0.25) is 24.6 Å². The van der Waals surface area contributed by atoms with E-state index < -0.39 is 16.1 Å². The molecule has 4 rings (SSSR count). The minimum Gasteiger partial charge on any atom is -0.497 e. The zero-order valence-electron chi connectivity index (χ0n) is 20.5. The topological polar surface area (TPSA) is 126 Å². The quantitative estimate of drug-likeness (QED) is 0.189. The summed E-state index contributed by atoms with van der Waals surface area (Å²) >= 11 is 1.15. The largest absolute Gasteiger partial charge is 0.497 e. The number of nitro benzene ring substituents is 1. The summed E-state index contributed by atoms with van der Waals surface area (Å²) in [6, 6.07) is 24.3. The van der Waals surface area contributed by atoms with Crippen molar-refractivity contribution in [1.82, 2.24) is 5.32 Å². The number of rotatable bonds is 9. The number of nitrogens with zero attached hydrogens (tertiary/aromatic N) is 3. The molecule has 1 unspecified atom stereocenters. The molecule has 2 amide bonds. The second kappa shape index (κ2) is 12.1. The molecule has 10 heteroatoms. The number of amides is 2. The minimum atomic E-state index is -0.609. The normalized spacial score (nSPS) is 16.1. The first kappa shape index (κ1) is 26.4. The highest BCUT2D eigenvalue weighted by molar-refractivity contribution is 8.05. The highest BCUT2D eigenvalue weighted by atomic mass is 32.2. The molecule has 3 aromatic carbocycles. The van der Waals surface area contributed by atoms with Crippen molar-refractivity contribution in [3.63, 3.8) is 0 Å². The van der Waals surface area contributed by atoms with Gasteiger partial charge in [-0.1, -0.05) is 54.2 Å². The van der Waals surface area contributed by atoms with E-state index in [2.05, 4.69) is 5.32 Å². The monoisotopic (exact) mass is 528 g/mol. The van der Waals surface area contributed by atoms with Crippen LogP contribution in [-0.2, 0) is 22.4 Å². The predicted molar refractivity (Wildman–Crippen MR) is 144 cm³/mol. The van der Waals surface area contributed by atoms with Crippen LogP contribution in [0.1, 0.15) is 11.1 Å². The lowest BCUT2D eigenvalue weighted by molar-refractivity contribution is -0.384. The Balaban J connectivity index is 1.55. The summed E-state index contributed by atoms with van der Waals surface area (Å²) in [7, 11) is 1.59. The lowest BCUT2D eigenvalue weighted by Gasteiger charge is -2.18. The van der Waals surface area contributed by atoms with E-state index in [1.165, 1.54) is 17.0 Å². The Morgan fingerprint density at radius 3 is 2.34 bits per heavy atom. The lowest BCUT2D eigenvalue weighted by atomic mass is 10.1. The van der Waals surface area contributed by atoms with Crippen LogP contribution in [0.25, 0.3) is 0 Å². The average Bonchev–Trinajstić information content (AvgIpc) is 3.25. The number of ether oxygens (including phenoxy) is 1. The summed E-state index contributed by atoms with van der Waals surface area (Å²) in [5.74, 6) is -0.0944. The summed E-state index contributed by atoms with van der Waals surface area (Å²) in [6.45, 7) is 0.305. The van der Waals surface area contributed by atoms with Crippen molar-refractivity contribution in [2.75, 3.05) is 18.6 Å². The number of hydrogen-bond acceptors (Lipinski definition) is 7. The molecular weight excluding hydrogens is 504 g/mol. The molecule has 1 atom stereocenters. The first-order valence-electron chi connectivity index (χ1n) is 11.8. The maximum atomic E-state index is 13.5. The average molecular weight is 529 g/mol. The van der Waals surface area contributed by atoms with Gasteiger partial charge in [-0.05, 0) is 48.2 Å². The van der Waals surface area contributed by atoms with E-state index in [0.29, 0.717) is 18.7 Å². The molecule has 3 aromatic rings. The summed E-state index contributed by atoms with van der Waals surface area (Å²) in [4.78, 5) is 38.5. The third kappa shape index (κ3) is 6.02. The number of benzene rings is 3. The second-order valence-electron chi connectivity index (χ2n) is 8.39. The van der Waals surface area contributed by atoms with Crippen LogP contribution in [0, 0.1) is 21.4 Å². The zero-order chi connectivity index (χ0) is 27.1. The van der Waals surface area contributed by atoms with Gasteiger partial charge in [-0.15, -0.1) is 0 Å². The van der Waals surface area contributed by atoms with Crippen molar-refractivity contribution in [1.29, 1.82) is 5.26 Å². The SMILES string of the molecule is COc1ccc(CCNC(=O)C(C#N)=C2SC(Cc3ccc([N+](=O)[O-])cc3)C(=O)N2c2ccccc2)cc1. The second-order valence-corrected chi connectivity index (χ2v) is 9.58. The van der Waals surface area contributed by atoms with Gasteiger partial charge in [0.15, 0.2) is 0 Å². The molecule has 1 fully saturated rings. The van der Waals surface area contributed by atoms with E-state index >= 15 is 0 Å². The number of para-hydroxylation sites is 1. The molecule has 1 saturated heterocycles. The highest BCUT2D eigenvalue weighted by Crippen LogP contribution is 2.41. The van der Waals surface area contributed by atoms with Crippen LogP contribution in [0.2, 0.25) is 0 Å². The third-order valence-corrected chi connectivity index (χ3v) is 7.21. The number of anilines is 1. The molecule has 1 N–H and O–H groups in total. The molecule has 0 aliphatic carbocycles. The predicted octanol–water partition coefficient (Wildman–Crippen LogP) is 4.39. The molecule has 1 aliphatic rings. The van der Waals surface area contributed by atoms with Gasteiger partial charge in [0, 0.05) is 24.4 Å². The van der Waals surface area contributed by atoms with Gasteiger partial charge in [0.2, 0.25) is 5.91 Å². The fourth-order valence-corrected chi connectivity index (χ4v) is 5.28. The number of hydrogen-bond donors (Lipinski definition) is 1. The van der Waals surface area contributed by atoms with Gasteiger partial charge in [0.1, 0.15) is 22.4 Å².